The molecule has 258 valence electrons. The molecule has 0 amide bonds. The highest BCUT2D eigenvalue weighted by atomic mass is 16.3. The molecule has 10 aromatic rings. The summed E-state index contributed by atoms with van der Waals surface area (Å²) in [5.41, 5.74) is 13.6. The fourth-order valence-corrected chi connectivity index (χ4v) is 7.42. The van der Waals surface area contributed by atoms with E-state index in [1.807, 2.05) is 72.8 Å². The number of hydrogen-bond donors (Lipinski definition) is 0. The van der Waals surface area contributed by atoms with Gasteiger partial charge < -0.3 is 4.42 Å². The van der Waals surface area contributed by atoms with Crippen molar-refractivity contribution in [3.63, 3.8) is 0 Å². The Labute approximate surface area is 319 Å². The molecule has 8 aromatic carbocycles. The van der Waals surface area contributed by atoms with Gasteiger partial charge in [0.15, 0.2) is 17.5 Å². The van der Waals surface area contributed by atoms with Gasteiger partial charge in [0.05, 0.1) is 0 Å². The third-order valence-corrected chi connectivity index (χ3v) is 10.1. The van der Waals surface area contributed by atoms with E-state index < -0.39 is 0 Å². The summed E-state index contributed by atoms with van der Waals surface area (Å²) in [5, 5.41) is 1.99. The van der Waals surface area contributed by atoms with Gasteiger partial charge in [0.1, 0.15) is 11.2 Å². The van der Waals surface area contributed by atoms with Crippen LogP contribution in [0.2, 0.25) is 0 Å². The minimum atomic E-state index is 0.600. The second kappa shape index (κ2) is 13.8. The molecule has 4 nitrogen and oxygen atoms in total. The van der Waals surface area contributed by atoms with Crippen LogP contribution in [-0.4, -0.2) is 15.0 Å². The van der Waals surface area contributed by atoms with Crippen LogP contribution >= 0.6 is 0 Å². The lowest BCUT2D eigenvalue weighted by molar-refractivity contribution is 0.670. The van der Waals surface area contributed by atoms with Gasteiger partial charge >= 0.3 is 0 Å². The maximum absolute atomic E-state index is 6.70. The van der Waals surface area contributed by atoms with Crippen LogP contribution in [0.5, 0.6) is 0 Å². The Morgan fingerprint density at radius 1 is 0.291 bits per heavy atom. The van der Waals surface area contributed by atoms with E-state index in [0.29, 0.717) is 17.5 Å². The highest BCUT2D eigenvalue weighted by Gasteiger charge is 2.19. The molecule has 0 atom stereocenters. The van der Waals surface area contributed by atoms with E-state index in [0.717, 1.165) is 55.3 Å². The topological polar surface area (TPSA) is 51.8 Å². The first-order valence-corrected chi connectivity index (χ1v) is 18.4. The molecule has 0 fully saturated rings. The lowest BCUT2D eigenvalue weighted by atomic mass is 9.92. The molecule has 0 saturated carbocycles. The summed E-state index contributed by atoms with van der Waals surface area (Å²) in [7, 11) is 0. The maximum Gasteiger partial charge on any atom is 0.164 e. The van der Waals surface area contributed by atoms with Crippen molar-refractivity contribution < 1.29 is 4.42 Å². The first kappa shape index (κ1) is 32.2. The first-order chi connectivity index (χ1) is 27.2. The summed E-state index contributed by atoms with van der Waals surface area (Å²) in [6.45, 7) is 0. The summed E-state index contributed by atoms with van der Waals surface area (Å²) in [6, 6.07) is 69.4. The molecule has 0 unspecified atom stereocenters. The third-order valence-electron chi connectivity index (χ3n) is 10.1. The molecule has 0 radical (unpaired) electrons. The summed E-state index contributed by atoms with van der Waals surface area (Å²) in [4.78, 5) is 15.0. The summed E-state index contributed by atoms with van der Waals surface area (Å²) in [5.74, 6) is 1.85. The van der Waals surface area contributed by atoms with Crippen LogP contribution < -0.4 is 0 Å². The number of fused-ring (bicyclic) bond motifs is 3. The minimum Gasteiger partial charge on any atom is -0.455 e. The molecule has 0 aliphatic carbocycles. The van der Waals surface area contributed by atoms with Gasteiger partial charge in [0.25, 0.3) is 0 Å². The second-order valence-corrected chi connectivity index (χ2v) is 13.6. The number of para-hydroxylation sites is 1. The number of benzene rings is 8. The van der Waals surface area contributed by atoms with Gasteiger partial charge in [-0.05, 0) is 63.2 Å². The predicted molar refractivity (Wildman–Crippen MR) is 225 cm³/mol. The van der Waals surface area contributed by atoms with Crippen LogP contribution in [0.4, 0.5) is 0 Å². The van der Waals surface area contributed by atoms with Crippen LogP contribution in [0.15, 0.2) is 205 Å². The fraction of sp³-hybridized carbons (Fsp3) is 0. The van der Waals surface area contributed by atoms with Crippen LogP contribution in [0.3, 0.4) is 0 Å². The van der Waals surface area contributed by atoms with E-state index in [1.54, 1.807) is 0 Å². The summed E-state index contributed by atoms with van der Waals surface area (Å²) >= 11 is 0. The smallest absolute Gasteiger partial charge is 0.164 e. The molecular weight excluding hydrogens is 671 g/mol. The van der Waals surface area contributed by atoms with E-state index >= 15 is 0 Å². The molecule has 4 heteroatoms. The average Bonchev–Trinajstić information content (AvgIpc) is 3.67. The van der Waals surface area contributed by atoms with Crippen LogP contribution in [0.1, 0.15) is 0 Å². The van der Waals surface area contributed by atoms with Crippen molar-refractivity contribution in [2.24, 2.45) is 0 Å². The highest BCUT2D eigenvalue weighted by molar-refractivity contribution is 6.15. The molecular formula is C51H33N3O. The van der Waals surface area contributed by atoms with Gasteiger partial charge in [-0.3, -0.25) is 0 Å². The number of aromatic nitrogens is 3. The predicted octanol–water partition coefficient (Wildman–Crippen LogP) is 13.4. The zero-order valence-electron chi connectivity index (χ0n) is 29.8. The first-order valence-electron chi connectivity index (χ1n) is 18.4. The Bertz CT molecular complexity index is 2820. The van der Waals surface area contributed by atoms with Crippen LogP contribution in [-0.2, 0) is 0 Å². The number of nitrogens with zero attached hydrogens (tertiary/aromatic N) is 3. The SMILES string of the molecule is c1ccc(-c2cc(-c3ccccc3)cc(-c3ccc(-c4cccc5c4oc4cccc(-c6nc(-c7ccccc7)nc(-c7ccccc7)n6)c45)cc3)c2)cc1. The largest absolute Gasteiger partial charge is 0.455 e. The van der Waals surface area contributed by atoms with Gasteiger partial charge in [-0.1, -0.05) is 176 Å². The van der Waals surface area contributed by atoms with E-state index in [2.05, 4.69) is 127 Å². The highest BCUT2D eigenvalue weighted by Crippen LogP contribution is 2.41. The van der Waals surface area contributed by atoms with Gasteiger partial charge in [0.2, 0.25) is 0 Å². The molecule has 0 bridgehead atoms. The molecule has 0 aliphatic heterocycles. The minimum absolute atomic E-state index is 0.600. The van der Waals surface area contributed by atoms with E-state index in [-0.39, 0.29) is 0 Å². The van der Waals surface area contributed by atoms with Crippen molar-refractivity contribution in [1.82, 2.24) is 15.0 Å². The molecule has 10 rings (SSSR count). The van der Waals surface area contributed by atoms with Crippen molar-refractivity contribution in [2.75, 3.05) is 0 Å². The average molecular weight is 704 g/mol. The number of furan rings is 1. The summed E-state index contributed by atoms with van der Waals surface area (Å²) < 4.78 is 6.70. The quantitative estimate of drug-likeness (QED) is 0.166. The Kier molecular flexibility index (Phi) is 8.12. The van der Waals surface area contributed by atoms with Crippen molar-refractivity contribution in [2.45, 2.75) is 0 Å². The van der Waals surface area contributed by atoms with Gasteiger partial charge in [-0.2, -0.15) is 0 Å². The zero-order valence-corrected chi connectivity index (χ0v) is 29.8. The maximum atomic E-state index is 6.70. The van der Waals surface area contributed by atoms with E-state index in [1.165, 1.54) is 27.8 Å². The van der Waals surface area contributed by atoms with Crippen LogP contribution in [0, 0.1) is 0 Å². The lowest BCUT2D eigenvalue weighted by Gasteiger charge is -2.12. The fourth-order valence-electron chi connectivity index (χ4n) is 7.42. The van der Waals surface area contributed by atoms with Crippen molar-refractivity contribution in [3.05, 3.63) is 200 Å². The Morgan fingerprint density at radius 3 is 1.24 bits per heavy atom. The molecule has 55 heavy (non-hydrogen) atoms. The Hall–Kier alpha value is -7.43. The molecule has 2 aromatic heterocycles. The lowest BCUT2D eigenvalue weighted by Crippen LogP contribution is -2.00. The summed E-state index contributed by atoms with van der Waals surface area (Å²) in [6.07, 6.45) is 0. The normalized spacial score (nSPS) is 11.3. The Morgan fingerprint density at radius 2 is 0.709 bits per heavy atom. The molecule has 0 spiro atoms. The molecule has 0 N–H and O–H groups in total. The van der Waals surface area contributed by atoms with Gasteiger partial charge in [-0.15, -0.1) is 0 Å². The monoisotopic (exact) mass is 703 g/mol. The molecule has 0 aliphatic rings. The van der Waals surface area contributed by atoms with E-state index in [4.69, 9.17) is 19.4 Å². The van der Waals surface area contributed by atoms with E-state index in [9.17, 15) is 0 Å². The molecule has 0 saturated heterocycles. The zero-order chi connectivity index (χ0) is 36.6. The number of rotatable bonds is 7. The molecule has 2 heterocycles. The van der Waals surface area contributed by atoms with Gasteiger partial charge in [-0.25, -0.2) is 15.0 Å². The van der Waals surface area contributed by atoms with Crippen LogP contribution in [0.25, 0.3) is 101 Å². The second-order valence-electron chi connectivity index (χ2n) is 13.6. The van der Waals surface area contributed by atoms with Crippen molar-refractivity contribution in [3.8, 4) is 78.7 Å². The Balaban J connectivity index is 1.07. The van der Waals surface area contributed by atoms with Gasteiger partial charge in [0, 0.05) is 33.0 Å². The third kappa shape index (κ3) is 6.16. The van der Waals surface area contributed by atoms with Crippen molar-refractivity contribution >= 4 is 21.9 Å². The standard InChI is InChI=1S/C51H33N3O/c1-5-15-34(16-6-1)40-31-41(35-17-7-2-8-18-35)33-42(32-40)36-27-29-37(30-28-36)43-23-13-24-44-47-45(25-14-26-46(47)55-48(43)44)51-53-49(38-19-9-3-10-20-38)52-50(54-51)39-21-11-4-12-22-39/h1-33H. The van der Waals surface area contributed by atoms with Crippen molar-refractivity contribution in [1.29, 1.82) is 0 Å². The number of hydrogen-bond acceptors (Lipinski definition) is 4.